The summed E-state index contributed by atoms with van der Waals surface area (Å²) in [5.74, 6) is 1.69. The third-order valence-corrected chi connectivity index (χ3v) is 5.89. The molecular formula is C23H30N8O2. The van der Waals surface area contributed by atoms with E-state index < -0.39 is 0 Å². The maximum atomic E-state index is 12.1. The van der Waals surface area contributed by atoms with Gasteiger partial charge in [0.1, 0.15) is 5.82 Å². The summed E-state index contributed by atoms with van der Waals surface area (Å²) < 4.78 is 5.90. The Labute approximate surface area is 193 Å². The van der Waals surface area contributed by atoms with Crippen molar-refractivity contribution in [1.29, 1.82) is 0 Å². The number of carbonyl (C=O) groups is 1. The van der Waals surface area contributed by atoms with Crippen molar-refractivity contribution in [2.45, 2.75) is 39.3 Å². The number of nitrogens with two attached hydrogens (primary N) is 1. The molecule has 174 valence electrons. The van der Waals surface area contributed by atoms with Crippen LogP contribution in [0, 0.1) is 0 Å². The number of likely N-dealkylation sites (N-methyl/N-ethyl adjacent to an activating group) is 1. The molecule has 10 nitrogen and oxygen atoms in total. The van der Waals surface area contributed by atoms with Crippen molar-refractivity contribution in [2.24, 2.45) is 0 Å². The number of nitrogen functional groups attached to an aromatic ring is 1. The summed E-state index contributed by atoms with van der Waals surface area (Å²) in [7, 11) is 1.91. The van der Waals surface area contributed by atoms with E-state index in [-0.39, 0.29) is 23.7 Å². The molecule has 1 saturated heterocycles. The minimum Gasteiger partial charge on any atom is -0.414 e. The number of nitrogens with one attached hydrogen (secondary N) is 1. The number of aromatic nitrogens is 4. The Morgan fingerprint density at radius 2 is 2.00 bits per heavy atom. The fourth-order valence-electron chi connectivity index (χ4n) is 4.14. The summed E-state index contributed by atoms with van der Waals surface area (Å²) >= 11 is 0. The highest BCUT2D eigenvalue weighted by Gasteiger charge is 2.30. The summed E-state index contributed by atoms with van der Waals surface area (Å²) in [6, 6.07) is 8.08. The van der Waals surface area contributed by atoms with Crippen LogP contribution in [0.25, 0.3) is 23.0 Å². The first kappa shape index (κ1) is 22.7. The molecule has 1 amide bonds. The topological polar surface area (TPSA) is 126 Å². The van der Waals surface area contributed by atoms with Crippen LogP contribution in [0.15, 0.2) is 34.9 Å². The van der Waals surface area contributed by atoms with E-state index in [0.29, 0.717) is 30.4 Å². The van der Waals surface area contributed by atoms with Crippen LogP contribution in [0.1, 0.15) is 32.3 Å². The van der Waals surface area contributed by atoms with Crippen molar-refractivity contribution in [3.8, 4) is 23.0 Å². The highest BCUT2D eigenvalue weighted by Crippen LogP contribution is 2.29. The molecule has 10 heteroatoms. The van der Waals surface area contributed by atoms with Gasteiger partial charge in [0.25, 0.3) is 5.89 Å². The molecule has 33 heavy (non-hydrogen) atoms. The first-order valence-electron chi connectivity index (χ1n) is 11.3. The van der Waals surface area contributed by atoms with Gasteiger partial charge in [-0.1, -0.05) is 19.1 Å². The quantitative estimate of drug-likeness (QED) is 0.531. The molecule has 0 aliphatic carbocycles. The Bertz CT molecular complexity index is 1100. The predicted molar refractivity (Wildman–Crippen MR) is 126 cm³/mol. The van der Waals surface area contributed by atoms with E-state index in [9.17, 15) is 4.79 Å². The summed E-state index contributed by atoms with van der Waals surface area (Å²) in [6.07, 6.45) is 3.06. The monoisotopic (exact) mass is 450 g/mol. The van der Waals surface area contributed by atoms with Crippen LogP contribution >= 0.6 is 0 Å². The molecule has 1 aliphatic rings. The van der Waals surface area contributed by atoms with Crippen LogP contribution < -0.4 is 16.0 Å². The normalized spacial score (nSPS) is 15.7. The number of nitrogens with zero attached hydrogens (tertiary/aromatic N) is 6. The Morgan fingerprint density at radius 1 is 1.24 bits per heavy atom. The number of benzene rings is 1. The highest BCUT2D eigenvalue weighted by atomic mass is 16.4. The molecule has 1 fully saturated rings. The van der Waals surface area contributed by atoms with Gasteiger partial charge in [0.2, 0.25) is 11.8 Å². The average Bonchev–Trinajstić information content (AvgIpc) is 3.51. The van der Waals surface area contributed by atoms with Crippen molar-refractivity contribution in [3.63, 3.8) is 0 Å². The van der Waals surface area contributed by atoms with Crippen molar-refractivity contribution in [1.82, 2.24) is 30.4 Å². The molecule has 0 spiro atoms. The predicted octanol–water partition coefficient (Wildman–Crippen LogP) is 2.33. The minimum absolute atomic E-state index is 0.172. The molecular weight excluding hydrogens is 420 g/mol. The average molecular weight is 451 g/mol. The fraction of sp³-hybridized carbons (Fsp3) is 0.435. The van der Waals surface area contributed by atoms with Crippen LogP contribution in [0.4, 0.5) is 11.6 Å². The number of hydrogen-bond donors (Lipinski definition) is 2. The van der Waals surface area contributed by atoms with Gasteiger partial charge < -0.3 is 25.3 Å². The fourth-order valence-corrected chi connectivity index (χ4v) is 4.14. The van der Waals surface area contributed by atoms with Crippen LogP contribution in [0.3, 0.4) is 0 Å². The lowest BCUT2D eigenvalue weighted by atomic mass is 10.1. The standard InChI is InChI=1S/C23H30N8O2/c1-4-19(32)30-11-10-17(14-30)31(5-2)18-13-26-21(24)20(27-18)23-29-28-22(33-23)16-8-6-15(7-9-16)12-25-3/h6-9,13,17,25H,4-5,10-12,14H2,1-3H3,(H2,24,26)/t17-/m1/s1. The van der Waals surface area contributed by atoms with E-state index in [1.165, 1.54) is 0 Å². The summed E-state index contributed by atoms with van der Waals surface area (Å²) in [6.45, 7) is 6.89. The van der Waals surface area contributed by atoms with Gasteiger partial charge in [0, 0.05) is 44.2 Å². The van der Waals surface area contributed by atoms with Crippen LogP contribution in [-0.4, -0.2) is 63.7 Å². The molecule has 3 aromatic rings. The minimum atomic E-state index is 0.172. The van der Waals surface area contributed by atoms with E-state index in [1.54, 1.807) is 6.20 Å². The first-order chi connectivity index (χ1) is 16.0. The Hall–Kier alpha value is -3.53. The Balaban J connectivity index is 1.57. The SMILES string of the molecule is CCC(=O)N1CC[C@@H](N(CC)c2cnc(N)c(-c3nnc(-c4ccc(CNC)cc4)o3)n2)C1. The van der Waals surface area contributed by atoms with Gasteiger partial charge in [-0.3, -0.25) is 4.79 Å². The van der Waals surface area contributed by atoms with Crippen LogP contribution in [-0.2, 0) is 11.3 Å². The van der Waals surface area contributed by atoms with Crippen LogP contribution in [0.5, 0.6) is 0 Å². The van der Waals surface area contributed by atoms with E-state index >= 15 is 0 Å². The van der Waals surface area contributed by atoms with Gasteiger partial charge in [-0.15, -0.1) is 10.2 Å². The summed E-state index contributed by atoms with van der Waals surface area (Å²) in [5, 5.41) is 11.5. The molecule has 0 bridgehead atoms. The third-order valence-electron chi connectivity index (χ3n) is 5.89. The largest absolute Gasteiger partial charge is 0.414 e. The molecule has 1 aliphatic heterocycles. The molecule has 4 rings (SSSR count). The zero-order valence-corrected chi connectivity index (χ0v) is 19.3. The van der Waals surface area contributed by atoms with Gasteiger partial charge in [-0.05, 0) is 38.1 Å². The molecule has 0 saturated carbocycles. The second-order valence-corrected chi connectivity index (χ2v) is 8.02. The maximum absolute atomic E-state index is 12.1. The van der Waals surface area contributed by atoms with Crippen molar-refractivity contribution in [2.75, 3.05) is 37.3 Å². The molecule has 2 aromatic heterocycles. The van der Waals surface area contributed by atoms with E-state index in [1.807, 2.05) is 43.1 Å². The van der Waals surface area contributed by atoms with Gasteiger partial charge in [-0.2, -0.15) is 0 Å². The Kier molecular flexibility index (Phi) is 6.83. The number of rotatable bonds is 8. The zero-order chi connectivity index (χ0) is 23.4. The molecule has 1 aromatic carbocycles. The van der Waals surface area contributed by atoms with Crippen molar-refractivity contribution >= 4 is 17.5 Å². The zero-order valence-electron chi connectivity index (χ0n) is 19.3. The first-order valence-corrected chi connectivity index (χ1v) is 11.3. The van der Waals surface area contributed by atoms with Gasteiger partial charge in [-0.25, -0.2) is 9.97 Å². The van der Waals surface area contributed by atoms with E-state index in [0.717, 1.165) is 37.2 Å². The highest BCUT2D eigenvalue weighted by molar-refractivity contribution is 5.76. The summed E-state index contributed by atoms with van der Waals surface area (Å²) in [5.41, 5.74) is 8.45. The number of amides is 1. The number of anilines is 2. The molecule has 0 radical (unpaired) electrons. The van der Waals surface area contributed by atoms with Crippen molar-refractivity contribution in [3.05, 3.63) is 36.0 Å². The number of carbonyl (C=O) groups excluding carboxylic acids is 1. The Morgan fingerprint density at radius 3 is 2.70 bits per heavy atom. The third kappa shape index (κ3) is 4.80. The number of likely N-dealkylation sites (tertiary alicyclic amines) is 1. The second-order valence-electron chi connectivity index (χ2n) is 8.02. The van der Waals surface area contributed by atoms with Gasteiger partial charge in [0.15, 0.2) is 11.5 Å². The lowest BCUT2D eigenvalue weighted by molar-refractivity contribution is -0.129. The van der Waals surface area contributed by atoms with Crippen molar-refractivity contribution < 1.29 is 9.21 Å². The second kappa shape index (κ2) is 9.95. The molecule has 3 heterocycles. The smallest absolute Gasteiger partial charge is 0.270 e. The van der Waals surface area contributed by atoms with E-state index in [4.69, 9.17) is 15.1 Å². The van der Waals surface area contributed by atoms with Gasteiger partial charge in [0.05, 0.1) is 6.20 Å². The van der Waals surface area contributed by atoms with Gasteiger partial charge >= 0.3 is 0 Å². The summed E-state index contributed by atoms with van der Waals surface area (Å²) in [4.78, 5) is 25.2. The maximum Gasteiger partial charge on any atom is 0.270 e. The molecule has 0 unspecified atom stereocenters. The lowest BCUT2D eigenvalue weighted by Gasteiger charge is -2.29. The molecule has 3 N–H and O–H groups in total. The number of hydrogen-bond acceptors (Lipinski definition) is 9. The lowest BCUT2D eigenvalue weighted by Crippen LogP contribution is -2.39. The van der Waals surface area contributed by atoms with E-state index in [2.05, 4.69) is 32.3 Å². The molecule has 1 atom stereocenters. The van der Waals surface area contributed by atoms with Crippen LogP contribution in [0.2, 0.25) is 0 Å².